The van der Waals surface area contributed by atoms with Crippen molar-refractivity contribution >= 4 is 0 Å². The third kappa shape index (κ3) is 1.51. The number of halogens is 2. The Balaban J connectivity index is 3.21. The summed E-state index contributed by atoms with van der Waals surface area (Å²) in [6.07, 6.45) is 0.592. The number of hydrogen-bond acceptors (Lipinski definition) is 2. The standard InChI is InChI=1S/C7H7F2NO/c1-4(11)7-5(8)2-10-3-6(7)9/h2-4,11H,1H3. The maximum Gasteiger partial charge on any atom is 0.150 e. The van der Waals surface area contributed by atoms with Crippen molar-refractivity contribution in [1.82, 2.24) is 4.98 Å². The van der Waals surface area contributed by atoms with Crippen LogP contribution in [0.15, 0.2) is 12.4 Å². The van der Waals surface area contributed by atoms with Gasteiger partial charge in [-0.3, -0.25) is 4.98 Å². The molecular formula is C7H7F2NO. The Kier molecular flexibility index (Phi) is 2.14. The van der Waals surface area contributed by atoms with Gasteiger partial charge in [-0.15, -0.1) is 0 Å². The zero-order chi connectivity index (χ0) is 8.43. The molecule has 11 heavy (non-hydrogen) atoms. The quantitative estimate of drug-likeness (QED) is 0.672. The highest BCUT2D eigenvalue weighted by Gasteiger charge is 2.13. The fourth-order valence-electron chi connectivity index (χ4n) is 0.820. The number of pyridine rings is 1. The minimum absolute atomic E-state index is 0.333. The van der Waals surface area contributed by atoms with E-state index >= 15 is 0 Å². The lowest BCUT2D eigenvalue weighted by atomic mass is 10.1. The molecule has 1 unspecified atom stereocenters. The summed E-state index contributed by atoms with van der Waals surface area (Å²) in [6.45, 7) is 1.29. The van der Waals surface area contributed by atoms with Crippen molar-refractivity contribution in [2.75, 3.05) is 0 Å². The topological polar surface area (TPSA) is 33.1 Å². The van der Waals surface area contributed by atoms with Crippen LogP contribution in [-0.4, -0.2) is 10.1 Å². The second kappa shape index (κ2) is 2.92. The number of hydrogen-bond donors (Lipinski definition) is 1. The minimum Gasteiger partial charge on any atom is -0.388 e. The molecule has 0 aromatic carbocycles. The molecule has 1 aromatic rings. The molecule has 0 amide bonds. The largest absolute Gasteiger partial charge is 0.388 e. The highest BCUT2D eigenvalue weighted by Crippen LogP contribution is 2.18. The van der Waals surface area contributed by atoms with E-state index in [-0.39, 0.29) is 5.56 Å². The van der Waals surface area contributed by atoms with E-state index in [1.807, 2.05) is 0 Å². The monoisotopic (exact) mass is 159 g/mol. The van der Waals surface area contributed by atoms with Crippen molar-refractivity contribution < 1.29 is 13.9 Å². The number of nitrogens with zero attached hydrogens (tertiary/aromatic N) is 1. The normalized spacial score (nSPS) is 13.1. The molecule has 0 aliphatic heterocycles. The van der Waals surface area contributed by atoms with Gasteiger partial charge in [-0.1, -0.05) is 0 Å². The number of aromatic nitrogens is 1. The average molecular weight is 159 g/mol. The van der Waals surface area contributed by atoms with Crippen LogP contribution in [-0.2, 0) is 0 Å². The molecule has 1 rings (SSSR count). The Hall–Kier alpha value is -1.03. The SMILES string of the molecule is CC(O)c1c(F)cncc1F. The summed E-state index contributed by atoms with van der Waals surface area (Å²) in [5.74, 6) is -1.64. The summed E-state index contributed by atoms with van der Waals surface area (Å²) in [4.78, 5) is 3.27. The second-order valence-electron chi connectivity index (χ2n) is 2.19. The zero-order valence-electron chi connectivity index (χ0n) is 5.88. The van der Waals surface area contributed by atoms with E-state index in [1.165, 1.54) is 6.92 Å². The molecule has 1 N–H and O–H groups in total. The van der Waals surface area contributed by atoms with Gasteiger partial charge in [-0.25, -0.2) is 8.78 Å². The molecule has 0 aliphatic carbocycles. The predicted octanol–water partition coefficient (Wildman–Crippen LogP) is 1.41. The van der Waals surface area contributed by atoms with E-state index in [0.717, 1.165) is 12.4 Å². The smallest absolute Gasteiger partial charge is 0.150 e. The molecule has 0 radical (unpaired) electrons. The first-order valence-corrected chi connectivity index (χ1v) is 3.10. The van der Waals surface area contributed by atoms with Gasteiger partial charge in [0, 0.05) is 0 Å². The molecule has 0 fully saturated rings. The van der Waals surface area contributed by atoms with Crippen LogP contribution < -0.4 is 0 Å². The first kappa shape index (κ1) is 8.07. The summed E-state index contributed by atoms with van der Waals surface area (Å²) in [5.41, 5.74) is -0.333. The molecule has 0 saturated heterocycles. The molecule has 0 spiro atoms. The summed E-state index contributed by atoms with van der Waals surface area (Å²) in [6, 6.07) is 0. The Labute approximate surface area is 62.5 Å². The first-order valence-electron chi connectivity index (χ1n) is 3.10. The summed E-state index contributed by atoms with van der Waals surface area (Å²) < 4.78 is 25.3. The summed E-state index contributed by atoms with van der Waals surface area (Å²) in [5, 5.41) is 8.88. The van der Waals surface area contributed by atoms with E-state index in [2.05, 4.69) is 4.98 Å². The fraction of sp³-hybridized carbons (Fsp3) is 0.286. The van der Waals surface area contributed by atoms with Crippen molar-refractivity contribution in [3.63, 3.8) is 0 Å². The number of rotatable bonds is 1. The van der Waals surface area contributed by atoms with Crippen LogP contribution in [0.2, 0.25) is 0 Å². The second-order valence-corrected chi connectivity index (χ2v) is 2.19. The first-order chi connectivity index (χ1) is 5.13. The predicted molar refractivity (Wildman–Crippen MR) is 34.8 cm³/mol. The van der Waals surface area contributed by atoms with Gasteiger partial charge >= 0.3 is 0 Å². The van der Waals surface area contributed by atoms with E-state index in [1.54, 1.807) is 0 Å². The Bertz CT molecular complexity index is 242. The van der Waals surface area contributed by atoms with Crippen molar-refractivity contribution in [1.29, 1.82) is 0 Å². The molecule has 1 aromatic heterocycles. The lowest BCUT2D eigenvalue weighted by Gasteiger charge is -2.05. The molecule has 0 bridgehead atoms. The number of aliphatic hydroxyl groups is 1. The fourth-order valence-corrected chi connectivity index (χ4v) is 0.820. The van der Waals surface area contributed by atoms with Gasteiger partial charge in [-0.2, -0.15) is 0 Å². The van der Waals surface area contributed by atoms with Crippen molar-refractivity contribution in [3.8, 4) is 0 Å². The maximum absolute atomic E-state index is 12.6. The molecule has 1 atom stereocenters. The van der Waals surface area contributed by atoms with Crippen LogP contribution in [0.5, 0.6) is 0 Å². The van der Waals surface area contributed by atoms with E-state index < -0.39 is 17.7 Å². The molecule has 60 valence electrons. The van der Waals surface area contributed by atoms with Crippen LogP contribution in [0.3, 0.4) is 0 Å². The highest BCUT2D eigenvalue weighted by molar-refractivity contribution is 5.16. The lowest BCUT2D eigenvalue weighted by molar-refractivity contribution is 0.188. The van der Waals surface area contributed by atoms with Crippen molar-refractivity contribution in [2.45, 2.75) is 13.0 Å². The Morgan fingerprint density at radius 3 is 2.09 bits per heavy atom. The van der Waals surface area contributed by atoms with Gasteiger partial charge < -0.3 is 5.11 Å². The van der Waals surface area contributed by atoms with Crippen molar-refractivity contribution in [3.05, 3.63) is 29.6 Å². The lowest BCUT2D eigenvalue weighted by Crippen LogP contribution is -2.00. The third-order valence-electron chi connectivity index (χ3n) is 1.31. The van der Waals surface area contributed by atoms with Crippen LogP contribution in [0, 0.1) is 11.6 Å². The molecule has 1 heterocycles. The Morgan fingerprint density at radius 2 is 1.82 bits per heavy atom. The minimum atomic E-state index is -1.14. The Morgan fingerprint density at radius 1 is 1.36 bits per heavy atom. The maximum atomic E-state index is 12.6. The van der Waals surface area contributed by atoms with E-state index in [4.69, 9.17) is 5.11 Å². The average Bonchev–Trinajstić information content (AvgIpc) is 1.85. The van der Waals surface area contributed by atoms with Gasteiger partial charge in [0.25, 0.3) is 0 Å². The van der Waals surface area contributed by atoms with Crippen LogP contribution in [0.25, 0.3) is 0 Å². The number of aliphatic hydroxyl groups excluding tert-OH is 1. The highest BCUT2D eigenvalue weighted by atomic mass is 19.1. The van der Waals surface area contributed by atoms with Gasteiger partial charge in [-0.05, 0) is 6.92 Å². The molecule has 4 heteroatoms. The van der Waals surface area contributed by atoms with E-state index in [0.29, 0.717) is 0 Å². The van der Waals surface area contributed by atoms with Gasteiger partial charge in [0.2, 0.25) is 0 Å². The zero-order valence-corrected chi connectivity index (χ0v) is 5.88. The molecule has 0 saturated carbocycles. The van der Waals surface area contributed by atoms with Gasteiger partial charge in [0.05, 0.1) is 24.1 Å². The van der Waals surface area contributed by atoms with Gasteiger partial charge in [0.15, 0.2) is 0 Å². The molecule has 0 aliphatic rings. The van der Waals surface area contributed by atoms with E-state index in [9.17, 15) is 8.78 Å². The summed E-state index contributed by atoms with van der Waals surface area (Å²) in [7, 11) is 0. The van der Waals surface area contributed by atoms with Crippen LogP contribution >= 0.6 is 0 Å². The molecular weight excluding hydrogens is 152 g/mol. The molecule has 2 nitrogen and oxygen atoms in total. The summed E-state index contributed by atoms with van der Waals surface area (Å²) >= 11 is 0. The van der Waals surface area contributed by atoms with Crippen molar-refractivity contribution in [2.24, 2.45) is 0 Å². The van der Waals surface area contributed by atoms with Crippen LogP contribution in [0.1, 0.15) is 18.6 Å². The van der Waals surface area contributed by atoms with Crippen LogP contribution in [0.4, 0.5) is 8.78 Å². The third-order valence-corrected chi connectivity index (χ3v) is 1.31. The van der Waals surface area contributed by atoms with Gasteiger partial charge in [0.1, 0.15) is 11.6 Å².